The largest absolute Gasteiger partial charge is 0.341 e. The summed E-state index contributed by atoms with van der Waals surface area (Å²) < 4.78 is 2.24. The van der Waals surface area contributed by atoms with E-state index >= 15 is 0 Å². The number of carbonyl (C=O) groups excluding carboxylic acids is 3. The molecule has 2 N–H and O–H groups in total. The number of hydrogen-bond donors (Lipinski definition) is 2. The molecule has 6 heteroatoms. The van der Waals surface area contributed by atoms with E-state index in [-0.39, 0.29) is 11.5 Å². The molecule has 0 aliphatic carbocycles. The van der Waals surface area contributed by atoms with Crippen molar-refractivity contribution in [3.63, 3.8) is 0 Å². The van der Waals surface area contributed by atoms with Gasteiger partial charge in [-0.25, -0.2) is 0 Å². The van der Waals surface area contributed by atoms with Crippen LogP contribution in [0.4, 0.5) is 5.69 Å². The van der Waals surface area contributed by atoms with Crippen LogP contribution in [0.25, 0.3) is 21.8 Å². The highest BCUT2D eigenvalue weighted by atomic mass is 16.2. The van der Waals surface area contributed by atoms with Gasteiger partial charge in [-0.3, -0.25) is 19.7 Å². The lowest BCUT2D eigenvalue weighted by Crippen LogP contribution is -2.19. The zero-order valence-corrected chi connectivity index (χ0v) is 15.7. The van der Waals surface area contributed by atoms with E-state index in [1.165, 1.54) is 12.1 Å². The second-order valence-corrected chi connectivity index (χ2v) is 6.99. The van der Waals surface area contributed by atoms with Gasteiger partial charge >= 0.3 is 0 Å². The number of benzene rings is 3. The van der Waals surface area contributed by atoms with Gasteiger partial charge in [0.05, 0.1) is 11.1 Å². The van der Waals surface area contributed by atoms with Crippen molar-refractivity contribution < 1.29 is 14.4 Å². The summed E-state index contributed by atoms with van der Waals surface area (Å²) in [6.07, 6.45) is 0. The molecule has 0 saturated heterocycles. The summed E-state index contributed by atoms with van der Waals surface area (Å²) in [7, 11) is 0. The molecule has 0 bridgehead atoms. The van der Waals surface area contributed by atoms with Gasteiger partial charge < -0.3 is 9.88 Å². The lowest BCUT2D eigenvalue weighted by atomic mass is 10.1. The quantitative estimate of drug-likeness (QED) is 0.526. The first-order valence-corrected chi connectivity index (χ1v) is 9.39. The average molecular weight is 383 g/mol. The second-order valence-electron chi connectivity index (χ2n) is 6.99. The molecule has 0 spiro atoms. The molecule has 0 fully saturated rings. The lowest BCUT2D eigenvalue weighted by molar-refractivity contribution is 0.0879. The summed E-state index contributed by atoms with van der Waals surface area (Å²) >= 11 is 0. The van der Waals surface area contributed by atoms with Crippen LogP contribution in [0.5, 0.6) is 0 Å². The number of fused-ring (bicyclic) bond motifs is 4. The Morgan fingerprint density at radius 3 is 2.48 bits per heavy atom. The van der Waals surface area contributed by atoms with Gasteiger partial charge in [0, 0.05) is 39.6 Å². The smallest absolute Gasteiger partial charge is 0.258 e. The molecule has 0 saturated carbocycles. The van der Waals surface area contributed by atoms with E-state index in [1.807, 2.05) is 30.3 Å². The van der Waals surface area contributed by atoms with E-state index in [0.717, 1.165) is 28.4 Å². The van der Waals surface area contributed by atoms with Gasteiger partial charge in [-0.1, -0.05) is 18.2 Å². The van der Waals surface area contributed by atoms with Crippen molar-refractivity contribution in [3.8, 4) is 0 Å². The van der Waals surface area contributed by atoms with Crippen molar-refractivity contribution in [1.29, 1.82) is 0 Å². The third-order valence-electron chi connectivity index (χ3n) is 5.34. The lowest BCUT2D eigenvalue weighted by Gasteiger charge is -2.07. The third-order valence-corrected chi connectivity index (χ3v) is 5.34. The molecule has 4 aromatic rings. The number of aryl methyl sites for hydroxylation is 1. The molecule has 6 nitrogen and oxygen atoms in total. The maximum absolute atomic E-state index is 12.7. The van der Waals surface area contributed by atoms with Crippen molar-refractivity contribution in [2.45, 2.75) is 13.5 Å². The fourth-order valence-electron chi connectivity index (χ4n) is 3.98. The zero-order chi connectivity index (χ0) is 20.1. The molecule has 3 amide bonds. The van der Waals surface area contributed by atoms with E-state index in [9.17, 15) is 14.4 Å². The molecule has 1 aliphatic heterocycles. The molecular formula is C23H17N3O3. The highest BCUT2D eigenvalue weighted by molar-refractivity contribution is 6.22. The van der Waals surface area contributed by atoms with Crippen LogP contribution in [0, 0.1) is 0 Å². The number of rotatable bonds is 3. The summed E-state index contributed by atoms with van der Waals surface area (Å²) in [5.74, 6) is -1.25. The van der Waals surface area contributed by atoms with Crippen LogP contribution in [0.3, 0.4) is 0 Å². The predicted molar refractivity (Wildman–Crippen MR) is 111 cm³/mol. The number of amides is 3. The van der Waals surface area contributed by atoms with Crippen LogP contribution in [0.15, 0.2) is 60.7 Å². The Kier molecular flexibility index (Phi) is 3.74. The number of imide groups is 1. The van der Waals surface area contributed by atoms with Gasteiger partial charge in [0.25, 0.3) is 17.7 Å². The van der Waals surface area contributed by atoms with E-state index < -0.39 is 11.8 Å². The van der Waals surface area contributed by atoms with E-state index in [1.54, 1.807) is 6.07 Å². The second kappa shape index (κ2) is 6.31. The van der Waals surface area contributed by atoms with Gasteiger partial charge in [-0.05, 0) is 49.4 Å². The van der Waals surface area contributed by atoms with Gasteiger partial charge in [0.2, 0.25) is 0 Å². The van der Waals surface area contributed by atoms with Crippen molar-refractivity contribution in [3.05, 3.63) is 77.4 Å². The molecule has 1 aliphatic rings. The monoisotopic (exact) mass is 383 g/mol. The van der Waals surface area contributed by atoms with Crippen molar-refractivity contribution in [1.82, 2.24) is 9.88 Å². The zero-order valence-electron chi connectivity index (χ0n) is 15.7. The number of nitrogens with one attached hydrogen (secondary N) is 2. The Labute approximate surface area is 166 Å². The number of carbonyl (C=O) groups is 3. The van der Waals surface area contributed by atoms with Crippen molar-refractivity contribution in [2.75, 3.05) is 5.32 Å². The van der Waals surface area contributed by atoms with Crippen LogP contribution in [-0.4, -0.2) is 22.3 Å². The Balaban J connectivity index is 1.52. The SMILES string of the molecule is CCn1c2ccccc2c2cc(NC(=O)c3ccc4c(c3)C(=O)NC4=O)ccc21. The summed E-state index contributed by atoms with van der Waals surface area (Å²) in [6, 6.07) is 18.5. The number of nitrogens with zero attached hydrogens (tertiary/aromatic N) is 1. The molecule has 5 rings (SSSR count). The summed E-state index contributed by atoms with van der Waals surface area (Å²) in [5.41, 5.74) is 3.78. The number of para-hydroxylation sites is 1. The Morgan fingerprint density at radius 2 is 1.66 bits per heavy atom. The molecule has 29 heavy (non-hydrogen) atoms. The Morgan fingerprint density at radius 1 is 0.897 bits per heavy atom. The minimum absolute atomic E-state index is 0.226. The summed E-state index contributed by atoms with van der Waals surface area (Å²) in [4.78, 5) is 36.2. The Bertz CT molecular complexity index is 1350. The van der Waals surface area contributed by atoms with Gasteiger partial charge in [0.1, 0.15) is 0 Å². The predicted octanol–water partition coefficient (Wildman–Crippen LogP) is 3.95. The minimum atomic E-state index is -0.478. The molecule has 142 valence electrons. The van der Waals surface area contributed by atoms with Crippen LogP contribution in [-0.2, 0) is 6.54 Å². The third kappa shape index (κ3) is 2.61. The normalized spacial score (nSPS) is 13.0. The molecule has 1 aromatic heterocycles. The number of aromatic nitrogens is 1. The fourth-order valence-corrected chi connectivity index (χ4v) is 3.98. The van der Waals surface area contributed by atoms with E-state index in [2.05, 4.69) is 34.3 Å². The summed E-state index contributed by atoms with van der Waals surface area (Å²) in [5, 5.41) is 7.33. The highest BCUT2D eigenvalue weighted by Crippen LogP contribution is 2.31. The highest BCUT2D eigenvalue weighted by Gasteiger charge is 2.27. The fraction of sp³-hybridized carbons (Fsp3) is 0.0870. The molecular weight excluding hydrogens is 366 g/mol. The summed E-state index contributed by atoms with van der Waals surface area (Å²) in [6.45, 7) is 2.96. The molecule has 0 radical (unpaired) electrons. The standard InChI is InChI=1S/C23H17N3O3/c1-2-26-19-6-4-3-5-15(19)17-12-14(8-10-20(17)26)24-21(27)13-7-9-16-18(11-13)23(29)25-22(16)28/h3-12H,2H2,1H3,(H,24,27)(H,25,28,29). The van der Waals surface area contributed by atoms with Gasteiger partial charge in [0.15, 0.2) is 0 Å². The molecule has 3 aromatic carbocycles. The van der Waals surface area contributed by atoms with Crippen LogP contribution in [0.1, 0.15) is 38.0 Å². The van der Waals surface area contributed by atoms with Crippen LogP contribution >= 0.6 is 0 Å². The van der Waals surface area contributed by atoms with Gasteiger partial charge in [-0.2, -0.15) is 0 Å². The number of anilines is 1. The van der Waals surface area contributed by atoms with Crippen molar-refractivity contribution >= 4 is 45.2 Å². The first-order valence-electron chi connectivity index (χ1n) is 9.39. The van der Waals surface area contributed by atoms with E-state index in [0.29, 0.717) is 16.8 Å². The van der Waals surface area contributed by atoms with Crippen LogP contribution in [0.2, 0.25) is 0 Å². The first kappa shape index (κ1) is 17.2. The van der Waals surface area contributed by atoms with Crippen LogP contribution < -0.4 is 10.6 Å². The topological polar surface area (TPSA) is 80.2 Å². The Hall–Kier alpha value is -3.93. The maximum atomic E-state index is 12.7. The van der Waals surface area contributed by atoms with E-state index in [4.69, 9.17) is 0 Å². The average Bonchev–Trinajstić information content (AvgIpc) is 3.21. The van der Waals surface area contributed by atoms with Crippen molar-refractivity contribution in [2.24, 2.45) is 0 Å². The maximum Gasteiger partial charge on any atom is 0.258 e. The first-order chi connectivity index (χ1) is 14.1. The minimum Gasteiger partial charge on any atom is -0.341 e. The molecule has 0 unspecified atom stereocenters. The number of hydrogen-bond acceptors (Lipinski definition) is 3. The molecule has 0 atom stereocenters. The van der Waals surface area contributed by atoms with Gasteiger partial charge in [-0.15, -0.1) is 0 Å². The molecule has 2 heterocycles.